The molecule has 1 aliphatic heterocycles. The van der Waals surface area contributed by atoms with Gasteiger partial charge in [0.2, 0.25) is 0 Å². The molecule has 1 saturated heterocycles. The number of carbonyl (C=O) groups excluding carboxylic acids is 4. The summed E-state index contributed by atoms with van der Waals surface area (Å²) in [6, 6.07) is 9.30. The zero-order chi connectivity index (χ0) is 26.0. The predicted octanol–water partition coefficient (Wildman–Crippen LogP) is 6.05. The van der Waals surface area contributed by atoms with E-state index in [1.807, 2.05) is 0 Å². The third-order valence-electron chi connectivity index (χ3n) is 7.42. The van der Waals surface area contributed by atoms with Gasteiger partial charge in [-0.1, -0.05) is 66.7 Å². The summed E-state index contributed by atoms with van der Waals surface area (Å²) in [4.78, 5) is 54.9. The smallest absolute Gasteiger partial charge is 0.275 e. The van der Waals surface area contributed by atoms with Crippen molar-refractivity contribution in [3.63, 3.8) is 0 Å². The van der Waals surface area contributed by atoms with E-state index in [0.29, 0.717) is 10.0 Å². The molecule has 2 aliphatic carbocycles. The summed E-state index contributed by atoms with van der Waals surface area (Å²) in [5.41, 5.74) is 0.307. The molecular weight excluding hydrogens is 658 g/mol. The van der Waals surface area contributed by atoms with E-state index >= 15 is 0 Å². The van der Waals surface area contributed by atoms with Gasteiger partial charge in [0.05, 0.1) is 22.4 Å². The van der Waals surface area contributed by atoms with Gasteiger partial charge in [0.15, 0.2) is 5.78 Å². The lowest BCUT2D eigenvalue weighted by Gasteiger charge is -2.35. The van der Waals surface area contributed by atoms with E-state index in [-0.39, 0.29) is 37.6 Å². The number of alkyl halides is 2. The normalized spacial score (nSPS) is 29.4. The number of hydrazine groups is 1. The molecule has 2 saturated carbocycles. The zero-order valence-electron chi connectivity index (χ0n) is 18.7. The molecule has 3 amide bonds. The summed E-state index contributed by atoms with van der Waals surface area (Å²) in [6.07, 6.45) is 0.739. The Morgan fingerprint density at radius 1 is 0.917 bits per heavy atom. The van der Waals surface area contributed by atoms with Crippen LogP contribution in [-0.4, -0.2) is 49.2 Å². The molecule has 0 spiro atoms. The van der Waals surface area contributed by atoms with Crippen molar-refractivity contribution in [2.75, 3.05) is 0 Å². The molecule has 2 aromatic rings. The number of imide groups is 1. The number of carbonyl (C=O) groups is 4. The Morgan fingerprint density at radius 2 is 1.44 bits per heavy atom. The fourth-order valence-electron chi connectivity index (χ4n) is 5.74. The Balaban J connectivity index is 1.57. The first-order chi connectivity index (χ1) is 17.0. The minimum Gasteiger partial charge on any atom is -0.292 e. The highest BCUT2D eigenvalue weighted by Crippen LogP contribution is 2.60. The minimum absolute atomic E-state index is 0.0224. The van der Waals surface area contributed by atoms with Crippen LogP contribution in [-0.2, 0) is 9.59 Å². The molecule has 1 heterocycles. The molecule has 6 nitrogen and oxygen atoms in total. The van der Waals surface area contributed by atoms with Crippen molar-refractivity contribution in [2.45, 2.75) is 29.0 Å². The number of Topliss-reactive ketones (excluding diaryl/α,β-unsaturated/α-hetero) is 1. The fraction of sp³-hybridized carbons (Fsp3) is 0.360. The number of nitrogens with zero attached hydrogens (tertiary/aromatic N) is 2. The van der Waals surface area contributed by atoms with Gasteiger partial charge in [-0.25, -0.2) is 5.01 Å². The quantitative estimate of drug-likeness (QED) is 0.220. The third kappa shape index (κ3) is 4.04. The number of halogens is 5. The van der Waals surface area contributed by atoms with Crippen LogP contribution in [0.15, 0.2) is 42.5 Å². The maximum absolute atomic E-state index is 13.9. The molecule has 3 fully saturated rings. The van der Waals surface area contributed by atoms with Gasteiger partial charge in [0.1, 0.15) is 6.04 Å². The second kappa shape index (κ2) is 9.70. The lowest BCUT2D eigenvalue weighted by Crippen LogP contribution is -2.57. The second-order valence-electron chi connectivity index (χ2n) is 9.31. The van der Waals surface area contributed by atoms with Gasteiger partial charge < -0.3 is 0 Å². The fourth-order valence-corrected chi connectivity index (χ4v) is 8.23. The van der Waals surface area contributed by atoms with Gasteiger partial charge in [-0.3, -0.25) is 19.2 Å². The topological polar surface area (TPSA) is 74.8 Å². The largest absolute Gasteiger partial charge is 0.292 e. The monoisotopic (exact) mass is 674 g/mol. The first kappa shape index (κ1) is 26.2. The van der Waals surface area contributed by atoms with Crippen LogP contribution >= 0.6 is 66.7 Å². The highest BCUT2D eigenvalue weighted by molar-refractivity contribution is 9.12. The van der Waals surface area contributed by atoms with Crippen LogP contribution in [0.2, 0.25) is 15.1 Å². The second-order valence-corrected chi connectivity index (χ2v) is 12.7. The Hall–Kier alpha value is -1.45. The lowest BCUT2D eigenvalue weighted by molar-refractivity contribution is -0.157. The van der Waals surface area contributed by atoms with Gasteiger partial charge in [-0.2, -0.15) is 5.01 Å². The molecule has 0 aromatic heterocycles. The van der Waals surface area contributed by atoms with Gasteiger partial charge in [-0.05, 0) is 67.6 Å². The summed E-state index contributed by atoms with van der Waals surface area (Å²) >= 11 is 25.6. The van der Waals surface area contributed by atoms with Crippen molar-refractivity contribution in [3.05, 3.63) is 68.7 Å². The lowest BCUT2D eigenvalue weighted by atomic mass is 9.81. The summed E-state index contributed by atoms with van der Waals surface area (Å²) in [6.45, 7) is 1.49. The summed E-state index contributed by atoms with van der Waals surface area (Å²) in [5.74, 6) is -3.38. The van der Waals surface area contributed by atoms with Gasteiger partial charge in [-0.15, -0.1) is 0 Å². The molecule has 0 N–H and O–H groups in total. The van der Waals surface area contributed by atoms with Crippen molar-refractivity contribution in [1.29, 1.82) is 0 Å². The van der Waals surface area contributed by atoms with Gasteiger partial charge in [0.25, 0.3) is 17.7 Å². The number of amides is 3. The molecule has 2 bridgehead atoms. The first-order valence-electron chi connectivity index (χ1n) is 11.3. The van der Waals surface area contributed by atoms with Crippen LogP contribution in [0.3, 0.4) is 0 Å². The van der Waals surface area contributed by atoms with Crippen molar-refractivity contribution >= 4 is 90.2 Å². The maximum Gasteiger partial charge on any atom is 0.275 e. The van der Waals surface area contributed by atoms with E-state index in [2.05, 4.69) is 31.9 Å². The molecule has 7 atom stereocenters. The number of ketones is 1. The van der Waals surface area contributed by atoms with Crippen LogP contribution in [0.25, 0.3) is 0 Å². The maximum atomic E-state index is 13.9. The van der Waals surface area contributed by atoms with Crippen molar-refractivity contribution in [2.24, 2.45) is 23.7 Å². The number of fused-ring (bicyclic) bond motifs is 5. The van der Waals surface area contributed by atoms with Crippen molar-refractivity contribution < 1.29 is 19.2 Å². The Morgan fingerprint density at radius 3 is 1.97 bits per heavy atom. The van der Waals surface area contributed by atoms with E-state index in [1.54, 1.807) is 12.1 Å². The van der Waals surface area contributed by atoms with Crippen LogP contribution in [0.4, 0.5) is 0 Å². The third-order valence-corrected chi connectivity index (χ3v) is 11.4. The Bertz CT molecular complexity index is 1260. The van der Waals surface area contributed by atoms with E-state index in [4.69, 9.17) is 34.8 Å². The molecule has 3 aliphatic rings. The van der Waals surface area contributed by atoms with Crippen LogP contribution in [0.5, 0.6) is 0 Å². The van der Waals surface area contributed by atoms with E-state index < -0.39 is 41.4 Å². The number of rotatable bonds is 5. The zero-order valence-corrected chi connectivity index (χ0v) is 24.1. The molecule has 5 rings (SSSR count). The number of hydrogen-bond acceptors (Lipinski definition) is 4. The van der Waals surface area contributed by atoms with Crippen LogP contribution in [0.1, 0.15) is 34.1 Å². The Labute approximate surface area is 239 Å². The van der Waals surface area contributed by atoms with Gasteiger partial charge >= 0.3 is 0 Å². The van der Waals surface area contributed by atoms with Crippen LogP contribution < -0.4 is 0 Å². The average Bonchev–Trinajstić information content (AvgIpc) is 3.45. The van der Waals surface area contributed by atoms with E-state index in [1.165, 1.54) is 37.3 Å². The molecule has 0 radical (unpaired) electrons. The molecule has 0 unspecified atom stereocenters. The molecular formula is C25H19Br2Cl3N2O4. The summed E-state index contributed by atoms with van der Waals surface area (Å²) in [5, 5.41) is 2.65. The molecule has 2 aromatic carbocycles. The molecule has 188 valence electrons. The Kier molecular flexibility index (Phi) is 7.05. The van der Waals surface area contributed by atoms with E-state index in [0.717, 1.165) is 16.4 Å². The summed E-state index contributed by atoms with van der Waals surface area (Å²) < 4.78 is 0. The SMILES string of the molecule is C[C@H](C(=O)c1ccc(Cl)cc1)N(C(=O)c1ccc(Cl)cc1Cl)N1C(=O)[C@@H]2[C@H]3C[C@@H]([C@@H](Br)[C@H]3Br)[C@H]2C1=O. The summed E-state index contributed by atoms with van der Waals surface area (Å²) in [7, 11) is 0. The van der Waals surface area contributed by atoms with Crippen LogP contribution in [0, 0.1) is 23.7 Å². The molecule has 11 heteroatoms. The van der Waals surface area contributed by atoms with Gasteiger partial charge in [0, 0.05) is 25.3 Å². The predicted molar refractivity (Wildman–Crippen MR) is 144 cm³/mol. The highest BCUT2D eigenvalue weighted by atomic mass is 79.9. The average molecular weight is 678 g/mol. The highest BCUT2D eigenvalue weighted by Gasteiger charge is 2.68. The minimum atomic E-state index is -1.19. The van der Waals surface area contributed by atoms with Crippen molar-refractivity contribution in [3.8, 4) is 0 Å². The standard InChI is InChI=1S/C25H19Br2Cl3N2O4/c1-10(22(33)11-2-4-12(28)5-3-11)31(23(34)14-7-6-13(29)8-17(14)30)32-24(35)18-15-9-16(19(18)25(32)36)21(27)20(15)26/h2-8,10,15-16,18-21H,9H2,1H3/t10-,15-,16-,18-,19-,20-,21+/m1/s1. The van der Waals surface area contributed by atoms with Crippen molar-refractivity contribution in [1.82, 2.24) is 10.0 Å². The first-order valence-corrected chi connectivity index (χ1v) is 14.2. The number of benzene rings is 2. The van der Waals surface area contributed by atoms with E-state index in [9.17, 15) is 19.2 Å². The molecule has 36 heavy (non-hydrogen) atoms. The number of hydrogen-bond donors (Lipinski definition) is 0.